The van der Waals surface area contributed by atoms with Crippen LogP contribution in [-0.4, -0.2) is 10.5 Å². The van der Waals surface area contributed by atoms with Crippen LogP contribution in [0.25, 0.3) is 10.9 Å². The summed E-state index contributed by atoms with van der Waals surface area (Å²) in [6, 6.07) is 15.8. The van der Waals surface area contributed by atoms with Gasteiger partial charge in [0.1, 0.15) is 0 Å². The Balaban J connectivity index is 1.89. The summed E-state index contributed by atoms with van der Waals surface area (Å²) in [5, 5.41) is 4.05. The van der Waals surface area contributed by atoms with E-state index in [1.165, 1.54) is 0 Å². The summed E-state index contributed by atoms with van der Waals surface area (Å²) in [5.74, 6) is -0.0555. The molecule has 1 aromatic heterocycles. The first kappa shape index (κ1) is 14.9. The number of hydrogen-bond donors (Lipinski definition) is 1. The number of para-hydroxylation sites is 1. The maximum atomic E-state index is 12.6. The fourth-order valence-corrected chi connectivity index (χ4v) is 3.33. The maximum absolute atomic E-state index is 12.6. The monoisotopic (exact) mass is 356 g/mol. The molecule has 3 nitrogen and oxygen atoms in total. The van der Waals surface area contributed by atoms with Crippen LogP contribution in [0.1, 0.15) is 28.9 Å². The SMILES string of the molecule is C[C@H](NC(=O)c1cn(C)c2ccccc12)c1ccccc1Br. The molecule has 0 aliphatic carbocycles. The first-order chi connectivity index (χ1) is 10.6. The zero-order valence-electron chi connectivity index (χ0n) is 12.5. The fraction of sp³-hybridized carbons (Fsp3) is 0.167. The fourth-order valence-electron chi connectivity index (χ4n) is 2.70. The number of carbonyl (C=O) groups is 1. The van der Waals surface area contributed by atoms with Crippen molar-refractivity contribution in [3.8, 4) is 0 Å². The Morgan fingerprint density at radius 3 is 2.59 bits per heavy atom. The van der Waals surface area contributed by atoms with Crippen LogP contribution in [0.4, 0.5) is 0 Å². The molecule has 112 valence electrons. The summed E-state index contributed by atoms with van der Waals surface area (Å²) in [4.78, 5) is 12.6. The van der Waals surface area contributed by atoms with Gasteiger partial charge in [0.25, 0.3) is 5.91 Å². The molecule has 0 aliphatic rings. The summed E-state index contributed by atoms with van der Waals surface area (Å²) in [5.41, 5.74) is 2.83. The number of halogens is 1. The second-order valence-corrected chi connectivity index (χ2v) is 6.24. The normalized spacial score (nSPS) is 12.3. The maximum Gasteiger partial charge on any atom is 0.253 e. The van der Waals surface area contributed by atoms with Crippen molar-refractivity contribution < 1.29 is 4.79 Å². The minimum atomic E-state index is -0.0676. The van der Waals surface area contributed by atoms with Gasteiger partial charge in [0.15, 0.2) is 0 Å². The lowest BCUT2D eigenvalue weighted by Crippen LogP contribution is -2.26. The Morgan fingerprint density at radius 1 is 1.14 bits per heavy atom. The van der Waals surface area contributed by atoms with Gasteiger partial charge in [0, 0.05) is 28.6 Å². The van der Waals surface area contributed by atoms with Gasteiger partial charge in [-0.05, 0) is 24.6 Å². The molecule has 3 aromatic rings. The Labute approximate surface area is 138 Å². The molecule has 0 unspecified atom stereocenters. The molecule has 0 fully saturated rings. The molecular weight excluding hydrogens is 340 g/mol. The summed E-state index contributed by atoms with van der Waals surface area (Å²) in [6.07, 6.45) is 1.88. The number of amides is 1. The van der Waals surface area contributed by atoms with Gasteiger partial charge in [-0.25, -0.2) is 0 Å². The highest BCUT2D eigenvalue weighted by atomic mass is 79.9. The van der Waals surface area contributed by atoms with Crippen molar-refractivity contribution >= 4 is 32.7 Å². The van der Waals surface area contributed by atoms with E-state index in [-0.39, 0.29) is 11.9 Å². The van der Waals surface area contributed by atoms with Gasteiger partial charge in [0.05, 0.1) is 11.6 Å². The highest BCUT2D eigenvalue weighted by molar-refractivity contribution is 9.10. The van der Waals surface area contributed by atoms with Crippen molar-refractivity contribution in [2.45, 2.75) is 13.0 Å². The molecule has 3 rings (SSSR count). The zero-order valence-corrected chi connectivity index (χ0v) is 14.1. The molecule has 0 spiro atoms. The van der Waals surface area contributed by atoms with Crippen molar-refractivity contribution in [2.75, 3.05) is 0 Å². The number of aromatic nitrogens is 1. The molecule has 1 atom stereocenters. The minimum absolute atomic E-state index is 0.0555. The molecule has 22 heavy (non-hydrogen) atoms. The van der Waals surface area contributed by atoms with E-state index in [9.17, 15) is 4.79 Å². The molecule has 0 saturated carbocycles. The Bertz CT molecular complexity index is 838. The van der Waals surface area contributed by atoms with E-state index >= 15 is 0 Å². The summed E-state index contributed by atoms with van der Waals surface area (Å²) >= 11 is 3.53. The number of benzene rings is 2. The van der Waals surface area contributed by atoms with E-state index < -0.39 is 0 Å². The number of carbonyl (C=O) groups excluding carboxylic acids is 1. The standard InChI is InChI=1S/C18H17BrN2O/c1-12(13-7-3-5-9-16(13)19)20-18(22)15-11-21(2)17-10-6-4-8-14(15)17/h3-12H,1-2H3,(H,20,22)/t12-/m0/s1. The van der Waals surface area contributed by atoms with Gasteiger partial charge < -0.3 is 9.88 Å². The van der Waals surface area contributed by atoms with Crippen LogP contribution in [0.2, 0.25) is 0 Å². The Kier molecular flexibility index (Phi) is 4.03. The molecule has 0 aliphatic heterocycles. The average molecular weight is 357 g/mol. The predicted octanol–water partition coefficient (Wildman–Crippen LogP) is 4.43. The lowest BCUT2D eigenvalue weighted by atomic mass is 10.1. The second kappa shape index (κ2) is 5.97. The van der Waals surface area contributed by atoms with Gasteiger partial charge in [-0.2, -0.15) is 0 Å². The van der Waals surface area contributed by atoms with Crippen molar-refractivity contribution in [1.82, 2.24) is 9.88 Å². The van der Waals surface area contributed by atoms with Crippen molar-refractivity contribution in [1.29, 1.82) is 0 Å². The minimum Gasteiger partial charge on any atom is -0.350 e. The lowest BCUT2D eigenvalue weighted by molar-refractivity contribution is 0.0941. The third kappa shape index (κ3) is 2.66. The Morgan fingerprint density at radius 2 is 1.82 bits per heavy atom. The van der Waals surface area contributed by atoms with E-state index in [2.05, 4.69) is 21.2 Å². The van der Waals surface area contributed by atoms with Gasteiger partial charge in [-0.3, -0.25) is 4.79 Å². The highest BCUT2D eigenvalue weighted by Crippen LogP contribution is 2.24. The molecule has 0 radical (unpaired) electrons. The molecule has 1 heterocycles. The van der Waals surface area contributed by atoms with Crippen LogP contribution in [-0.2, 0) is 7.05 Å². The van der Waals surface area contributed by atoms with Gasteiger partial charge in [-0.15, -0.1) is 0 Å². The number of nitrogens with one attached hydrogen (secondary N) is 1. The Hall–Kier alpha value is -2.07. The van der Waals surface area contributed by atoms with E-state index in [0.29, 0.717) is 5.56 Å². The number of nitrogens with zero attached hydrogens (tertiary/aromatic N) is 1. The lowest BCUT2D eigenvalue weighted by Gasteiger charge is -2.15. The smallest absolute Gasteiger partial charge is 0.253 e. The van der Waals surface area contributed by atoms with Crippen LogP contribution in [0.3, 0.4) is 0 Å². The molecule has 0 bridgehead atoms. The summed E-state index contributed by atoms with van der Waals surface area (Å²) in [6.45, 7) is 1.99. The van der Waals surface area contributed by atoms with Crippen LogP contribution in [0.15, 0.2) is 59.2 Å². The molecular formula is C18H17BrN2O. The first-order valence-corrected chi connectivity index (χ1v) is 7.96. The summed E-state index contributed by atoms with van der Waals surface area (Å²) < 4.78 is 2.98. The quantitative estimate of drug-likeness (QED) is 0.739. The molecule has 1 N–H and O–H groups in total. The van der Waals surface area contributed by atoms with Crippen molar-refractivity contribution in [3.05, 3.63) is 70.3 Å². The third-order valence-corrected chi connectivity index (χ3v) is 4.58. The first-order valence-electron chi connectivity index (χ1n) is 7.17. The molecule has 0 saturated heterocycles. The van der Waals surface area contributed by atoms with E-state index in [4.69, 9.17) is 0 Å². The third-order valence-electron chi connectivity index (χ3n) is 3.86. The van der Waals surface area contributed by atoms with Crippen molar-refractivity contribution in [2.24, 2.45) is 7.05 Å². The highest BCUT2D eigenvalue weighted by Gasteiger charge is 2.17. The number of rotatable bonds is 3. The molecule has 4 heteroatoms. The number of fused-ring (bicyclic) bond motifs is 1. The average Bonchev–Trinajstić information content (AvgIpc) is 2.85. The molecule has 2 aromatic carbocycles. The number of hydrogen-bond acceptors (Lipinski definition) is 1. The van der Waals surface area contributed by atoms with Gasteiger partial charge in [0.2, 0.25) is 0 Å². The predicted molar refractivity (Wildman–Crippen MR) is 92.9 cm³/mol. The zero-order chi connectivity index (χ0) is 15.7. The van der Waals surface area contributed by atoms with Crippen LogP contribution in [0, 0.1) is 0 Å². The number of aryl methyl sites for hydroxylation is 1. The largest absolute Gasteiger partial charge is 0.350 e. The molecule has 1 amide bonds. The van der Waals surface area contributed by atoms with E-state index in [1.807, 2.05) is 73.3 Å². The van der Waals surface area contributed by atoms with Crippen LogP contribution < -0.4 is 5.32 Å². The van der Waals surface area contributed by atoms with Gasteiger partial charge in [-0.1, -0.05) is 52.3 Å². The summed E-state index contributed by atoms with van der Waals surface area (Å²) in [7, 11) is 1.95. The topological polar surface area (TPSA) is 34.0 Å². The van der Waals surface area contributed by atoms with E-state index in [1.54, 1.807) is 0 Å². The van der Waals surface area contributed by atoms with E-state index in [0.717, 1.165) is 20.9 Å². The second-order valence-electron chi connectivity index (χ2n) is 5.39. The van der Waals surface area contributed by atoms with Crippen molar-refractivity contribution in [3.63, 3.8) is 0 Å². The van der Waals surface area contributed by atoms with Crippen LogP contribution in [0.5, 0.6) is 0 Å². The van der Waals surface area contributed by atoms with Crippen LogP contribution >= 0.6 is 15.9 Å². The van der Waals surface area contributed by atoms with Gasteiger partial charge >= 0.3 is 0 Å².